The van der Waals surface area contributed by atoms with E-state index < -0.39 is 0 Å². The van der Waals surface area contributed by atoms with Crippen molar-refractivity contribution in [1.29, 1.82) is 0 Å². The van der Waals surface area contributed by atoms with Crippen molar-refractivity contribution in [1.82, 2.24) is 0 Å². The first kappa shape index (κ1) is 22.7. The summed E-state index contributed by atoms with van der Waals surface area (Å²) in [5.41, 5.74) is 2.45. The molecule has 1 N–H and O–H groups in total. The van der Waals surface area contributed by atoms with Crippen LogP contribution in [0.5, 0.6) is 0 Å². The van der Waals surface area contributed by atoms with E-state index in [1.54, 1.807) is 0 Å². The van der Waals surface area contributed by atoms with Gasteiger partial charge in [-0.1, -0.05) is 67.7 Å². The Balaban J connectivity index is 1.39. The average molecular weight is 429 g/mol. The summed E-state index contributed by atoms with van der Waals surface area (Å²) in [6.07, 6.45) is 16.9. The van der Waals surface area contributed by atoms with Crippen LogP contribution in [0.25, 0.3) is 0 Å². The van der Waals surface area contributed by atoms with Gasteiger partial charge in [-0.25, -0.2) is 0 Å². The van der Waals surface area contributed by atoms with E-state index >= 15 is 0 Å². The molecular weight excluding hydrogens is 376 g/mol. The van der Waals surface area contributed by atoms with Crippen LogP contribution in [0.4, 0.5) is 0 Å². The summed E-state index contributed by atoms with van der Waals surface area (Å²) in [6, 6.07) is 0. The highest BCUT2D eigenvalue weighted by molar-refractivity contribution is 5.30. The van der Waals surface area contributed by atoms with Gasteiger partial charge in [0, 0.05) is 0 Å². The van der Waals surface area contributed by atoms with Crippen LogP contribution in [0, 0.1) is 56.7 Å². The maximum Gasteiger partial charge on any atom is 0.0594 e. The average Bonchev–Trinajstić information content (AvgIpc) is 3.27. The summed E-state index contributed by atoms with van der Waals surface area (Å²) < 4.78 is 0. The van der Waals surface area contributed by atoms with Crippen molar-refractivity contribution in [3.63, 3.8) is 0 Å². The highest BCUT2D eigenvalue weighted by Gasteiger charge is 2.82. The Labute approximate surface area is 193 Å². The molecule has 0 aromatic rings. The molecule has 0 heterocycles. The zero-order chi connectivity index (χ0) is 22.4. The first-order valence-corrected chi connectivity index (χ1v) is 14.1. The van der Waals surface area contributed by atoms with Gasteiger partial charge < -0.3 is 5.11 Å². The predicted molar refractivity (Wildman–Crippen MR) is 131 cm³/mol. The zero-order valence-corrected chi connectivity index (χ0v) is 21.9. The van der Waals surface area contributed by atoms with Gasteiger partial charge in [0.1, 0.15) is 0 Å². The molecule has 0 amide bonds. The lowest BCUT2D eigenvalue weighted by atomic mass is 9.41. The summed E-state index contributed by atoms with van der Waals surface area (Å²) in [7, 11) is 0. The molecular formula is C30H52O. The predicted octanol–water partition coefficient (Wildman–Crippen LogP) is 8.25. The summed E-state index contributed by atoms with van der Waals surface area (Å²) in [5, 5.41) is 10.8. The quantitative estimate of drug-likeness (QED) is 0.467. The smallest absolute Gasteiger partial charge is 0.0594 e. The minimum atomic E-state index is -0.0793. The summed E-state index contributed by atoms with van der Waals surface area (Å²) in [4.78, 5) is 0. The molecule has 5 saturated carbocycles. The van der Waals surface area contributed by atoms with Crippen LogP contribution in [-0.4, -0.2) is 11.2 Å². The van der Waals surface area contributed by atoms with E-state index in [4.69, 9.17) is 0 Å². The third kappa shape index (κ3) is 2.77. The zero-order valence-electron chi connectivity index (χ0n) is 21.9. The third-order valence-corrected chi connectivity index (χ3v) is 13.3. The minimum Gasteiger partial charge on any atom is -0.393 e. The molecule has 9 atom stereocenters. The van der Waals surface area contributed by atoms with Crippen molar-refractivity contribution in [3.8, 4) is 0 Å². The normalized spacial score (nSPS) is 53.3. The summed E-state index contributed by atoms with van der Waals surface area (Å²) in [5.74, 6) is 4.41. The fourth-order valence-electron chi connectivity index (χ4n) is 11.3. The second-order valence-corrected chi connectivity index (χ2v) is 14.8. The van der Waals surface area contributed by atoms with Crippen LogP contribution in [-0.2, 0) is 0 Å². The first-order valence-electron chi connectivity index (χ1n) is 14.1. The SMILES string of the molecule is CC(C)CCC[C@@H](C)[C@H]1CC[C@@]2(C)[C@@H]3CCC4C(C)(C)[C@@H](O)CC[C@@]45CC35CC[C@]12C. The molecule has 0 bridgehead atoms. The maximum absolute atomic E-state index is 10.8. The molecule has 0 aromatic carbocycles. The molecule has 0 radical (unpaired) electrons. The van der Waals surface area contributed by atoms with E-state index in [0.717, 1.165) is 36.0 Å². The number of aliphatic hydroxyl groups is 1. The molecule has 5 rings (SSSR count). The van der Waals surface area contributed by atoms with Crippen molar-refractivity contribution in [3.05, 3.63) is 0 Å². The van der Waals surface area contributed by atoms with E-state index in [0.29, 0.717) is 21.7 Å². The van der Waals surface area contributed by atoms with Gasteiger partial charge in [-0.3, -0.25) is 0 Å². The van der Waals surface area contributed by atoms with Crippen molar-refractivity contribution >= 4 is 0 Å². The van der Waals surface area contributed by atoms with Crippen LogP contribution in [0.2, 0.25) is 0 Å². The highest BCUT2D eigenvalue weighted by atomic mass is 16.3. The largest absolute Gasteiger partial charge is 0.393 e. The van der Waals surface area contributed by atoms with E-state index in [1.165, 1.54) is 70.6 Å². The fourth-order valence-corrected chi connectivity index (χ4v) is 11.3. The first-order chi connectivity index (χ1) is 14.4. The molecule has 178 valence electrons. The van der Waals surface area contributed by atoms with Gasteiger partial charge in [-0.2, -0.15) is 0 Å². The lowest BCUT2D eigenvalue weighted by molar-refractivity contribution is -0.161. The van der Waals surface area contributed by atoms with E-state index in [9.17, 15) is 5.11 Å². The fraction of sp³-hybridized carbons (Fsp3) is 1.00. The van der Waals surface area contributed by atoms with E-state index in [-0.39, 0.29) is 11.5 Å². The molecule has 0 aliphatic heterocycles. The van der Waals surface area contributed by atoms with E-state index in [2.05, 4.69) is 48.5 Å². The summed E-state index contributed by atoms with van der Waals surface area (Å²) in [6.45, 7) is 17.7. The molecule has 5 fully saturated rings. The molecule has 0 saturated heterocycles. The van der Waals surface area contributed by atoms with Gasteiger partial charge in [0.15, 0.2) is 0 Å². The monoisotopic (exact) mass is 428 g/mol. The number of rotatable bonds is 5. The lowest BCUT2D eigenvalue weighted by Gasteiger charge is -2.63. The topological polar surface area (TPSA) is 20.2 Å². The van der Waals surface area contributed by atoms with Gasteiger partial charge in [0.05, 0.1) is 6.10 Å². The molecule has 0 aromatic heterocycles. The Morgan fingerprint density at radius 1 is 0.742 bits per heavy atom. The van der Waals surface area contributed by atoms with Gasteiger partial charge in [-0.15, -0.1) is 0 Å². The number of hydrogen-bond acceptors (Lipinski definition) is 1. The molecule has 1 heteroatoms. The van der Waals surface area contributed by atoms with Crippen molar-refractivity contribution in [2.45, 2.75) is 132 Å². The second-order valence-electron chi connectivity index (χ2n) is 14.8. The molecule has 2 spiro atoms. The summed E-state index contributed by atoms with van der Waals surface area (Å²) >= 11 is 0. The Hall–Kier alpha value is -0.0400. The van der Waals surface area contributed by atoms with Crippen LogP contribution in [0.1, 0.15) is 126 Å². The van der Waals surface area contributed by atoms with Gasteiger partial charge in [-0.05, 0) is 114 Å². The number of aliphatic hydroxyl groups excluding tert-OH is 1. The molecule has 1 nitrogen and oxygen atoms in total. The van der Waals surface area contributed by atoms with Gasteiger partial charge in [0.2, 0.25) is 0 Å². The van der Waals surface area contributed by atoms with Crippen molar-refractivity contribution in [2.24, 2.45) is 56.7 Å². The van der Waals surface area contributed by atoms with Crippen LogP contribution in [0.3, 0.4) is 0 Å². The van der Waals surface area contributed by atoms with Crippen LogP contribution < -0.4 is 0 Å². The maximum atomic E-state index is 10.8. The molecule has 5 aliphatic rings. The van der Waals surface area contributed by atoms with Crippen molar-refractivity contribution < 1.29 is 5.11 Å². The third-order valence-electron chi connectivity index (χ3n) is 13.3. The van der Waals surface area contributed by atoms with Gasteiger partial charge in [0.25, 0.3) is 0 Å². The molecule has 5 aliphatic carbocycles. The Kier molecular flexibility index (Phi) is 5.13. The lowest BCUT2D eigenvalue weighted by Crippen LogP contribution is -2.57. The standard InChI is InChI=1S/C30H52O/c1-20(2)9-8-10-21(3)22-13-15-28(7)24-12-11-23-26(4,5)25(31)14-16-29(23)19-30(24,29)18-17-27(22,28)6/h20-25,31H,8-19H2,1-7H3/t21-,22-,23?,24+,25+,27-,28+,29-,30?/m1/s1. The highest BCUT2D eigenvalue weighted by Crippen LogP contribution is 2.89. The minimum absolute atomic E-state index is 0.0793. The van der Waals surface area contributed by atoms with Crippen LogP contribution in [0.15, 0.2) is 0 Å². The second kappa shape index (κ2) is 6.99. The molecule has 31 heavy (non-hydrogen) atoms. The Morgan fingerprint density at radius 2 is 1.42 bits per heavy atom. The van der Waals surface area contributed by atoms with Crippen molar-refractivity contribution in [2.75, 3.05) is 0 Å². The Bertz CT molecular complexity index is 709. The Morgan fingerprint density at radius 3 is 2.13 bits per heavy atom. The number of fused-ring (bicyclic) bond motifs is 2. The van der Waals surface area contributed by atoms with Gasteiger partial charge >= 0.3 is 0 Å². The van der Waals surface area contributed by atoms with E-state index in [1.807, 2.05) is 0 Å². The number of hydrogen-bond donors (Lipinski definition) is 1. The molecule has 2 unspecified atom stereocenters. The van der Waals surface area contributed by atoms with Crippen LogP contribution >= 0.6 is 0 Å².